The molecular formula is C27H28N4O3S. The normalized spacial score (nSPS) is 12.5. The lowest BCUT2D eigenvalue weighted by atomic mass is 10.1. The molecule has 0 aliphatic carbocycles. The lowest BCUT2D eigenvalue weighted by Gasteiger charge is -2.17. The second-order valence-corrected chi connectivity index (χ2v) is 8.88. The van der Waals surface area contributed by atoms with Crippen LogP contribution < -0.4 is 14.8 Å². The average Bonchev–Trinajstić information content (AvgIpc) is 3.33. The third kappa shape index (κ3) is 6.22. The minimum absolute atomic E-state index is 0.0730. The van der Waals surface area contributed by atoms with Crippen molar-refractivity contribution in [1.82, 2.24) is 20.1 Å². The molecule has 0 aliphatic rings. The fraction of sp³-hybridized carbons (Fsp3) is 0.222. The van der Waals surface area contributed by atoms with E-state index < -0.39 is 6.10 Å². The van der Waals surface area contributed by atoms with E-state index in [0.29, 0.717) is 22.5 Å². The van der Waals surface area contributed by atoms with E-state index in [2.05, 4.69) is 15.5 Å². The van der Waals surface area contributed by atoms with Gasteiger partial charge in [-0.15, -0.1) is 10.2 Å². The van der Waals surface area contributed by atoms with Crippen molar-refractivity contribution in [2.45, 2.75) is 31.1 Å². The van der Waals surface area contributed by atoms with Crippen LogP contribution in [0.5, 0.6) is 11.5 Å². The molecule has 4 aromatic rings. The Bertz CT molecular complexity index is 1250. The van der Waals surface area contributed by atoms with E-state index in [1.54, 1.807) is 7.11 Å². The highest BCUT2D eigenvalue weighted by Gasteiger charge is 2.22. The van der Waals surface area contributed by atoms with Crippen molar-refractivity contribution in [3.05, 3.63) is 96.3 Å². The van der Waals surface area contributed by atoms with E-state index in [1.807, 2.05) is 103 Å². The summed E-state index contributed by atoms with van der Waals surface area (Å²) in [5.41, 5.74) is 1.96. The molecule has 4 rings (SSSR count). The third-order valence-corrected chi connectivity index (χ3v) is 6.33. The molecule has 0 saturated heterocycles. The van der Waals surface area contributed by atoms with Gasteiger partial charge in [-0.2, -0.15) is 0 Å². The van der Waals surface area contributed by atoms with Gasteiger partial charge in [0.05, 0.1) is 18.9 Å². The van der Waals surface area contributed by atoms with Gasteiger partial charge in [-0.3, -0.25) is 9.36 Å². The van der Waals surface area contributed by atoms with E-state index in [-0.39, 0.29) is 17.7 Å². The Labute approximate surface area is 209 Å². The summed E-state index contributed by atoms with van der Waals surface area (Å²) in [6.45, 7) is 3.89. The summed E-state index contributed by atoms with van der Waals surface area (Å²) in [5.74, 6) is 2.16. The first kappa shape index (κ1) is 24.3. The first-order chi connectivity index (χ1) is 17.0. The smallest absolute Gasteiger partial charge is 0.230 e. The van der Waals surface area contributed by atoms with Crippen LogP contribution in [0, 0.1) is 0 Å². The number of methoxy groups -OCH3 is 1. The molecule has 0 spiro atoms. The number of amides is 1. The second kappa shape index (κ2) is 11.6. The molecule has 0 saturated carbocycles. The Kier molecular flexibility index (Phi) is 8.05. The summed E-state index contributed by atoms with van der Waals surface area (Å²) in [4.78, 5) is 12.7. The summed E-state index contributed by atoms with van der Waals surface area (Å²) in [7, 11) is 1.62. The number of hydrogen-bond donors (Lipinski definition) is 1. The maximum Gasteiger partial charge on any atom is 0.230 e. The first-order valence-corrected chi connectivity index (χ1v) is 12.3. The van der Waals surface area contributed by atoms with Crippen LogP contribution in [-0.2, 0) is 4.79 Å². The van der Waals surface area contributed by atoms with Crippen LogP contribution in [0.2, 0.25) is 0 Å². The maximum absolute atomic E-state index is 12.7. The summed E-state index contributed by atoms with van der Waals surface area (Å²) >= 11 is 1.34. The number of aromatic nitrogens is 3. The largest absolute Gasteiger partial charge is 0.497 e. The zero-order valence-corrected chi connectivity index (χ0v) is 20.7. The van der Waals surface area contributed by atoms with Crippen LogP contribution in [0.15, 0.2) is 90.1 Å². The molecule has 0 radical (unpaired) electrons. The predicted molar refractivity (Wildman–Crippen MR) is 137 cm³/mol. The fourth-order valence-corrected chi connectivity index (χ4v) is 4.40. The molecule has 7 nitrogen and oxygen atoms in total. The van der Waals surface area contributed by atoms with Crippen molar-refractivity contribution in [3.8, 4) is 17.2 Å². The molecule has 2 atom stereocenters. The second-order valence-electron chi connectivity index (χ2n) is 7.94. The highest BCUT2D eigenvalue weighted by Crippen LogP contribution is 2.29. The number of para-hydroxylation sites is 1. The molecule has 1 N–H and O–H groups in total. The number of nitrogens with one attached hydrogen (secondary N) is 1. The van der Waals surface area contributed by atoms with Crippen LogP contribution in [0.25, 0.3) is 5.69 Å². The lowest BCUT2D eigenvalue weighted by molar-refractivity contribution is -0.119. The third-order valence-electron chi connectivity index (χ3n) is 5.40. The van der Waals surface area contributed by atoms with Crippen molar-refractivity contribution < 1.29 is 14.3 Å². The highest BCUT2D eigenvalue weighted by atomic mass is 32.2. The summed E-state index contributed by atoms with van der Waals surface area (Å²) in [6, 6.07) is 27.1. The van der Waals surface area contributed by atoms with Crippen LogP contribution >= 0.6 is 11.8 Å². The molecule has 0 bridgehead atoms. The summed E-state index contributed by atoms with van der Waals surface area (Å²) in [6.07, 6.45) is -0.393. The zero-order chi connectivity index (χ0) is 24.6. The topological polar surface area (TPSA) is 78.3 Å². The van der Waals surface area contributed by atoms with Gasteiger partial charge < -0.3 is 14.8 Å². The molecule has 1 aromatic heterocycles. The minimum atomic E-state index is -0.393. The molecule has 8 heteroatoms. The Balaban J connectivity index is 1.51. The van der Waals surface area contributed by atoms with Gasteiger partial charge in [-0.1, -0.05) is 66.4 Å². The quantitative estimate of drug-likeness (QED) is 0.302. The van der Waals surface area contributed by atoms with Gasteiger partial charge in [0.1, 0.15) is 11.5 Å². The molecule has 2 unspecified atom stereocenters. The van der Waals surface area contributed by atoms with E-state index in [0.717, 1.165) is 11.3 Å². The summed E-state index contributed by atoms with van der Waals surface area (Å²) in [5, 5.41) is 12.5. The standard InChI is InChI=1S/C27H28N4O3S/c1-19(21-11-6-4-7-12-21)28-25(32)18-35-27-30-29-26(31(27)22-13-8-5-9-14-22)20(2)34-24-16-10-15-23(17-24)33-3/h4-17,19-20H,18H2,1-3H3,(H,28,32). The van der Waals surface area contributed by atoms with E-state index in [4.69, 9.17) is 9.47 Å². The van der Waals surface area contributed by atoms with Gasteiger partial charge in [0, 0.05) is 11.8 Å². The van der Waals surface area contributed by atoms with Gasteiger partial charge in [0.25, 0.3) is 0 Å². The Morgan fingerprint density at radius 3 is 2.34 bits per heavy atom. The van der Waals surface area contributed by atoms with Crippen molar-refractivity contribution in [2.75, 3.05) is 12.9 Å². The number of benzene rings is 3. The molecule has 0 aliphatic heterocycles. The minimum Gasteiger partial charge on any atom is -0.497 e. The van der Waals surface area contributed by atoms with E-state index >= 15 is 0 Å². The van der Waals surface area contributed by atoms with Crippen LogP contribution in [-0.4, -0.2) is 33.5 Å². The van der Waals surface area contributed by atoms with Crippen molar-refractivity contribution in [1.29, 1.82) is 0 Å². The van der Waals surface area contributed by atoms with Gasteiger partial charge in [0.15, 0.2) is 17.1 Å². The Morgan fingerprint density at radius 1 is 0.943 bits per heavy atom. The highest BCUT2D eigenvalue weighted by molar-refractivity contribution is 7.99. The van der Waals surface area contributed by atoms with Crippen molar-refractivity contribution >= 4 is 17.7 Å². The molecule has 3 aromatic carbocycles. The maximum atomic E-state index is 12.7. The predicted octanol–water partition coefficient (Wildman–Crippen LogP) is 5.39. The molecule has 0 fully saturated rings. The van der Waals surface area contributed by atoms with Crippen LogP contribution in [0.4, 0.5) is 0 Å². The Hall–Kier alpha value is -3.78. The number of thioether (sulfide) groups is 1. The van der Waals surface area contributed by atoms with Gasteiger partial charge in [-0.25, -0.2) is 0 Å². The van der Waals surface area contributed by atoms with Gasteiger partial charge in [-0.05, 0) is 43.7 Å². The fourth-order valence-electron chi connectivity index (χ4n) is 3.63. The number of ether oxygens (including phenoxy) is 2. The van der Waals surface area contributed by atoms with E-state index in [9.17, 15) is 4.79 Å². The van der Waals surface area contributed by atoms with Crippen molar-refractivity contribution in [3.63, 3.8) is 0 Å². The number of rotatable bonds is 10. The molecule has 35 heavy (non-hydrogen) atoms. The number of carbonyl (C=O) groups is 1. The number of carbonyl (C=O) groups excluding carboxylic acids is 1. The molecule has 1 amide bonds. The first-order valence-electron chi connectivity index (χ1n) is 11.3. The number of nitrogens with zero attached hydrogens (tertiary/aromatic N) is 3. The molecule has 180 valence electrons. The van der Waals surface area contributed by atoms with Gasteiger partial charge in [0.2, 0.25) is 5.91 Å². The molecule has 1 heterocycles. The van der Waals surface area contributed by atoms with Crippen molar-refractivity contribution in [2.24, 2.45) is 0 Å². The monoisotopic (exact) mass is 488 g/mol. The van der Waals surface area contributed by atoms with Crippen LogP contribution in [0.1, 0.15) is 37.4 Å². The zero-order valence-electron chi connectivity index (χ0n) is 19.9. The number of hydrogen-bond acceptors (Lipinski definition) is 6. The SMILES string of the molecule is COc1cccc(OC(C)c2nnc(SCC(=O)NC(C)c3ccccc3)n2-c2ccccc2)c1. The average molecular weight is 489 g/mol. The lowest BCUT2D eigenvalue weighted by Crippen LogP contribution is -2.28. The Morgan fingerprint density at radius 2 is 1.63 bits per heavy atom. The summed E-state index contributed by atoms with van der Waals surface area (Å²) < 4.78 is 13.4. The molecular weight excluding hydrogens is 460 g/mol. The van der Waals surface area contributed by atoms with Crippen LogP contribution in [0.3, 0.4) is 0 Å². The van der Waals surface area contributed by atoms with E-state index in [1.165, 1.54) is 11.8 Å². The van der Waals surface area contributed by atoms with Gasteiger partial charge >= 0.3 is 0 Å².